The smallest absolute Gasteiger partial charge is 0.343 e. The van der Waals surface area contributed by atoms with E-state index in [0.717, 1.165) is 44.5 Å². The lowest BCUT2D eigenvalue weighted by Gasteiger charge is -2.09. The number of esters is 1. The van der Waals surface area contributed by atoms with Crippen LogP contribution in [0.5, 0.6) is 5.75 Å². The van der Waals surface area contributed by atoms with Crippen LogP contribution in [0.15, 0.2) is 182 Å². The molecule has 0 radical (unpaired) electrons. The van der Waals surface area contributed by atoms with Crippen molar-refractivity contribution in [3.63, 3.8) is 0 Å². The molecule has 0 aromatic heterocycles. The van der Waals surface area contributed by atoms with E-state index in [1.165, 1.54) is 0 Å². The Bertz CT molecular complexity index is 2110. The molecule has 0 unspecified atom stereocenters. The molecule has 0 fully saturated rings. The molecule has 0 aliphatic heterocycles. The van der Waals surface area contributed by atoms with Crippen LogP contribution in [0.2, 0.25) is 0 Å². The lowest BCUT2D eigenvalue weighted by molar-refractivity contribution is 0.0734. The Balaban J connectivity index is 0.990. The fourth-order valence-corrected chi connectivity index (χ4v) is 5.59. The molecule has 0 bridgehead atoms. The molecule has 0 atom stereocenters. The second-order valence-electron chi connectivity index (χ2n) is 11.3. The van der Waals surface area contributed by atoms with Gasteiger partial charge in [0.05, 0.1) is 5.56 Å². The summed E-state index contributed by atoms with van der Waals surface area (Å²) in [7, 11) is 0. The molecule has 7 aromatic carbocycles. The van der Waals surface area contributed by atoms with Crippen LogP contribution in [-0.4, -0.2) is 11.8 Å². The Morgan fingerprint density at radius 1 is 0.298 bits per heavy atom. The number of rotatable bonds is 8. The van der Waals surface area contributed by atoms with Crippen LogP contribution in [0.3, 0.4) is 0 Å². The maximum absolute atomic E-state index is 12.7. The fourth-order valence-electron chi connectivity index (χ4n) is 5.59. The molecule has 3 nitrogen and oxygen atoms in total. The van der Waals surface area contributed by atoms with Gasteiger partial charge in [-0.2, -0.15) is 0 Å². The lowest BCUT2D eigenvalue weighted by Crippen LogP contribution is -2.08. The predicted octanol–water partition coefficient (Wildman–Crippen LogP) is 10.8. The molecule has 7 rings (SSSR count). The molecule has 47 heavy (non-hydrogen) atoms. The molecule has 0 N–H and O–H groups in total. The predicted molar refractivity (Wildman–Crippen MR) is 189 cm³/mol. The topological polar surface area (TPSA) is 43.4 Å². The minimum atomic E-state index is -0.374. The van der Waals surface area contributed by atoms with Gasteiger partial charge in [0.2, 0.25) is 0 Å². The highest BCUT2D eigenvalue weighted by Crippen LogP contribution is 2.30. The molecule has 0 heterocycles. The van der Waals surface area contributed by atoms with Crippen LogP contribution in [0.25, 0.3) is 44.5 Å². The first-order chi connectivity index (χ1) is 23.1. The van der Waals surface area contributed by atoms with Crippen molar-refractivity contribution in [1.29, 1.82) is 0 Å². The monoisotopic (exact) mass is 606 g/mol. The van der Waals surface area contributed by atoms with E-state index >= 15 is 0 Å². The van der Waals surface area contributed by atoms with Gasteiger partial charge >= 0.3 is 5.97 Å². The van der Waals surface area contributed by atoms with E-state index in [1.54, 1.807) is 24.3 Å². The van der Waals surface area contributed by atoms with Gasteiger partial charge in [0.15, 0.2) is 5.78 Å². The number of ketones is 1. The molecule has 0 aliphatic rings. The van der Waals surface area contributed by atoms with Crippen molar-refractivity contribution in [1.82, 2.24) is 0 Å². The van der Waals surface area contributed by atoms with Gasteiger partial charge in [0.25, 0.3) is 0 Å². The van der Waals surface area contributed by atoms with Gasteiger partial charge in [-0.15, -0.1) is 0 Å². The summed E-state index contributed by atoms with van der Waals surface area (Å²) >= 11 is 0. The molecule has 3 heteroatoms. The quantitative estimate of drug-likeness (QED) is 0.0982. The van der Waals surface area contributed by atoms with Gasteiger partial charge in [-0.3, -0.25) is 4.79 Å². The second-order valence-corrected chi connectivity index (χ2v) is 11.3. The van der Waals surface area contributed by atoms with E-state index in [2.05, 4.69) is 72.8 Å². The maximum atomic E-state index is 12.7. The Morgan fingerprint density at radius 2 is 0.574 bits per heavy atom. The van der Waals surface area contributed by atoms with E-state index in [-0.39, 0.29) is 11.8 Å². The van der Waals surface area contributed by atoms with E-state index < -0.39 is 0 Å². The number of carbonyl (C=O) groups is 2. The van der Waals surface area contributed by atoms with Crippen molar-refractivity contribution in [3.8, 4) is 50.3 Å². The summed E-state index contributed by atoms with van der Waals surface area (Å²) < 4.78 is 5.44. The maximum Gasteiger partial charge on any atom is 0.343 e. The van der Waals surface area contributed by atoms with Gasteiger partial charge in [0, 0.05) is 11.1 Å². The van der Waals surface area contributed by atoms with E-state index in [1.807, 2.05) is 84.9 Å². The zero-order valence-electron chi connectivity index (χ0n) is 25.5. The van der Waals surface area contributed by atoms with Crippen molar-refractivity contribution >= 4 is 11.8 Å². The molecule has 7 aromatic rings. The molecule has 0 saturated heterocycles. The Hall–Kier alpha value is -6.32. The summed E-state index contributed by atoms with van der Waals surface area (Å²) in [6.07, 6.45) is 0. The van der Waals surface area contributed by atoms with Gasteiger partial charge in [-0.05, 0) is 68.8 Å². The zero-order valence-corrected chi connectivity index (χ0v) is 25.5. The third kappa shape index (κ3) is 6.70. The first kappa shape index (κ1) is 29.4. The highest BCUT2D eigenvalue weighted by Gasteiger charge is 2.11. The molecule has 224 valence electrons. The number of para-hydroxylation sites is 1. The number of hydrogen-bond donors (Lipinski definition) is 0. The average Bonchev–Trinajstić information content (AvgIpc) is 3.16. The fraction of sp³-hybridized carbons (Fsp3) is 0. The third-order valence-corrected chi connectivity index (χ3v) is 8.25. The van der Waals surface area contributed by atoms with E-state index in [4.69, 9.17) is 4.74 Å². The first-order valence-electron chi connectivity index (χ1n) is 15.5. The third-order valence-electron chi connectivity index (χ3n) is 8.25. The van der Waals surface area contributed by atoms with Crippen LogP contribution in [0, 0.1) is 0 Å². The Kier molecular flexibility index (Phi) is 8.35. The summed E-state index contributed by atoms with van der Waals surface area (Å²) in [5, 5.41) is 0. The van der Waals surface area contributed by atoms with Crippen molar-refractivity contribution in [2.45, 2.75) is 0 Å². The van der Waals surface area contributed by atoms with Crippen LogP contribution in [-0.2, 0) is 0 Å². The summed E-state index contributed by atoms with van der Waals surface area (Å²) in [5.74, 6) is 0.183. The Labute approximate surface area is 274 Å². The average molecular weight is 607 g/mol. The second kappa shape index (κ2) is 13.4. The normalized spacial score (nSPS) is 10.7. The summed E-state index contributed by atoms with van der Waals surface area (Å²) in [5.41, 5.74) is 10.7. The number of hydrogen-bond acceptors (Lipinski definition) is 3. The van der Waals surface area contributed by atoms with Crippen molar-refractivity contribution in [3.05, 3.63) is 199 Å². The summed E-state index contributed by atoms with van der Waals surface area (Å²) in [4.78, 5) is 25.2. The number of carbonyl (C=O) groups excluding carboxylic acids is 2. The molecular weight excluding hydrogens is 576 g/mol. The molecule has 0 aliphatic carbocycles. The Morgan fingerprint density at radius 3 is 0.936 bits per heavy atom. The highest BCUT2D eigenvalue weighted by molar-refractivity contribution is 6.09. The lowest BCUT2D eigenvalue weighted by atomic mass is 9.96. The minimum absolute atomic E-state index is 0.0292. The van der Waals surface area contributed by atoms with Gasteiger partial charge < -0.3 is 4.74 Å². The van der Waals surface area contributed by atoms with Gasteiger partial charge in [-0.1, -0.05) is 158 Å². The van der Waals surface area contributed by atoms with Crippen LogP contribution in [0.1, 0.15) is 26.3 Å². The number of ether oxygens (including phenoxy) is 1. The molecule has 0 spiro atoms. The zero-order chi connectivity index (χ0) is 32.0. The van der Waals surface area contributed by atoms with E-state index in [9.17, 15) is 9.59 Å². The largest absolute Gasteiger partial charge is 0.423 e. The van der Waals surface area contributed by atoms with Gasteiger partial charge in [0.1, 0.15) is 5.75 Å². The summed E-state index contributed by atoms with van der Waals surface area (Å²) in [6.45, 7) is 0. The van der Waals surface area contributed by atoms with Gasteiger partial charge in [-0.25, -0.2) is 4.79 Å². The van der Waals surface area contributed by atoms with Crippen molar-refractivity contribution in [2.75, 3.05) is 0 Å². The van der Waals surface area contributed by atoms with Crippen LogP contribution >= 0.6 is 0 Å². The molecular formula is C44H30O3. The highest BCUT2D eigenvalue weighted by atomic mass is 16.5. The van der Waals surface area contributed by atoms with Crippen molar-refractivity contribution < 1.29 is 14.3 Å². The van der Waals surface area contributed by atoms with E-state index in [0.29, 0.717) is 22.4 Å². The minimum Gasteiger partial charge on any atom is -0.423 e. The number of benzene rings is 7. The van der Waals surface area contributed by atoms with Crippen molar-refractivity contribution in [2.24, 2.45) is 0 Å². The summed E-state index contributed by atoms with van der Waals surface area (Å²) in [6, 6.07) is 59.3. The SMILES string of the molecule is O=C(Oc1ccccc1)c1ccc(-c2ccc(-c3ccc(-c4ccc(-c5ccc(C(=O)c6ccccc6)cc5)cc4)cc3)cc2)cc1. The molecule has 0 saturated carbocycles. The standard InChI is InChI=1S/C44H30O3/c45-43(39-7-3-1-4-8-39)40-27-23-37(24-28-40)35-19-15-33(16-20-35)31-11-13-32(14-12-31)34-17-21-36(22-18-34)38-25-29-41(30-26-38)44(46)47-42-9-5-2-6-10-42/h1-30H. The van der Waals surface area contributed by atoms with Crippen LogP contribution < -0.4 is 4.74 Å². The first-order valence-corrected chi connectivity index (χ1v) is 15.5. The molecule has 0 amide bonds. The van der Waals surface area contributed by atoms with Crippen LogP contribution in [0.4, 0.5) is 0 Å².